The Morgan fingerprint density at radius 3 is 1.70 bits per heavy atom. The predicted molar refractivity (Wildman–Crippen MR) is 105 cm³/mol. The zero-order valence-corrected chi connectivity index (χ0v) is 17.1. The van der Waals surface area contributed by atoms with Crippen molar-refractivity contribution in [3.63, 3.8) is 0 Å². The Bertz CT molecular complexity index is 1240. The summed E-state index contributed by atoms with van der Waals surface area (Å²) in [6.07, 6.45) is -0.322. The van der Waals surface area contributed by atoms with Crippen molar-refractivity contribution in [1.29, 1.82) is 0 Å². The molecule has 33 heavy (non-hydrogen) atoms. The van der Waals surface area contributed by atoms with Crippen LogP contribution in [0.1, 0.15) is 43.0 Å². The van der Waals surface area contributed by atoms with E-state index in [1.54, 1.807) is 6.07 Å². The second kappa shape index (κ2) is 10.2. The molecule has 0 spiro atoms. The molecule has 0 fully saturated rings. The van der Waals surface area contributed by atoms with E-state index in [0.717, 1.165) is 19.1 Å². The third kappa shape index (κ3) is 5.51. The summed E-state index contributed by atoms with van der Waals surface area (Å²) in [5.41, 5.74) is -1.81. The number of aryl methyl sites for hydroxylation is 2. The van der Waals surface area contributed by atoms with Gasteiger partial charge < -0.3 is 10.2 Å². The van der Waals surface area contributed by atoms with Crippen molar-refractivity contribution in [2.75, 3.05) is 0 Å². The van der Waals surface area contributed by atoms with Crippen LogP contribution >= 0.6 is 0 Å². The van der Waals surface area contributed by atoms with E-state index in [0.29, 0.717) is 0 Å². The number of hydrogen-bond acceptors (Lipinski definition) is 2. The van der Waals surface area contributed by atoms with Gasteiger partial charge in [-0.3, -0.25) is 0 Å². The quantitative estimate of drug-likeness (QED) is 0.373. The van der Waals surface area contributed by atoms with Crippen LogP contribution in [0, 0.1) is 48.8 Å². The summed E-state index contributed by atoms with van der Waals surface area (Å²) in [7, 11) is 0. The fourth-order valence-electron chi connectivity index (χ4n) is 2.87. The molecule has 174 valence electrons. The van der Waals surface area contributed by atoms with Gasteiger partial charge in [-0.05, 0) is 48.7 Å². The van der Waals surface area contributed by atoms with Gasteiger partial charge in [-0.2, -0.15) is 0 Å². The van der Waals surface area contributed by atoms with Gasteiger partial charge in [0.1, 0.15) is 5.82 Å². The molecule has 0 saturated heterocycles. The van der Waals surface area contributed by atoms with Crippen LogP contribution in [-0.4, -0.2) is 22.2 Å². The maximum atomic E-state index is 13.9. The molecule has 2 N–H and O–H groups in total. The Kier molecular flexibility index (Phi) is 7.86. The molecule has 4 nitrogen and oxygen atoms in total. The van der Waals surface area contributed by atoms with Gasteiger partial charge >= 0.3 is 11.9 Å². The smallest absolute Gasteiger partial charge is 0.338 e. The largest absolute Gasteiger partial charge is 0.478 e. The molecule has 3 aromatic rings. The van der Waals surface area contributed by atoms with Gasteiger partial charge in [0.25, 0.3) is 0 Å². The van der Waals surface area contributed by atoms with Crippen molar-refractivity contribution in [2.24, 2.45) is 0 Å². The molecule has 0 aliphatic heterocycles. The summed E-state index contributed by atoms with van der Waals surface area (Å²) in [5.74, 6) is -10.7. The molecule has 10 heteroatoms. The molecule has 0 heterocycles. The van der Waals surface area contributed by atoms with Crippen molar-refractivity contribution in [3.8, 4) is 0 Å². The van der Waals surface area contributed by atoms with E-state index in [2.05, 4.69) is 0 Å². The molecule has 0 aliphatic rings. The van der Waals surface area contributed by atoms with Gasteiger partial charge in [0.05, 0.1) is 11.1 Å². The van der Waals surface area contributed by atoms with Gasteiger partial charge in [0.2, 0.25) is 0 Å². The topological polar surface area (TPSA) is 74.6 Å². The highest BCUT2D eigenvalue weighted by atomic mass is 19.2. The van der Waals surface area contributed by atoms with E-state index >= 15 is 0 Å². The maximum absolute atomic E-state index is 13.9. The molecule has 0 amide bonds. The SMILES string of the molecule is Cc1cc(C(=O)O)c(Cc2ccccc2F)c(F)c1F.Cc1cc(C(=O)O)c(F)c(F)c1F. The fourth-order valence-corrected chi connectivity index (χ4v) is 2.87. The molecular formula is C23H16F6O4. The Morgan fingerprint density at radius 2 is 1.18 bits per heavy atom. The molecule has 0 atom stereocenters. The van der Waals surface area contributed by atoms with E-state index in [-0.39, 0.29) is 34.2 Å². The molecular weight excluding hydrogens is 454 g/mol. The van der Waals surface area contributed by atoms with Crippen LogP contribution in [0.15, 0.2) is 36.4 Å². The van der Waals surface area contributed by atoms with Crippen LogP contribution in [0.4, 0.5) is 26.3 Å². The first kappa shape index (κ1) is 25.4. The first-order valence-corrected chi connectivity index (χ1v) is 9.18. The number of halogens is 6. The molecule has 0 unspecified atom stereocenters. The zero-order valence-electron chi connectivity index (χ0n) is 17.1. The molecule has 0 aliphatic carbocycles. The Hall–Kier alpha value is -3.82. The standard InChI is InChI=1S/C15H11F3O2.C8H5F3O2/c1-8-6-11(15(19)20)10(14(18)13(8)17)7-9-4-2-3-5-12(9)16;1-3-2-4(8(12)13)6(10)7(11)5(3)9/h2-6H,7H2,1H3,(H,19,20);2H,1H3,(H,12,13). The summed E-state index contributed by atoms with van der Waals surface area (Å²) >= 11 is 0. The molecule has 0 bridgehead atoms. The Labute approximate surface area is 183 Å². The maximum Gasteiger partial charge on any atom is 0.338 e. The number of benzene rings is 3. The van der Waals surface area contributed by atoms with Gasteiger partial charge in [-0.15, -0.1) is 0 Å². The van der Waals surface area contributed by atoms with Gasteiger partial charge in [0, 0.05) is 12.0 Å². The first-order chi connectivity index (χ1) is 15.4. The van der Waals surface area contributed by atoms with Crippen LogP contribution in [-0.2, 0) is 6.42 Å². The lowest BCUT2D eigenvalue weighted by atomic mass is 9.96. The average molecular weight is 470 g/mol. The van der Waals surface area contributed by atoms with E-state index < -0.39 is 52.4 Å². The van der Waals surface area contributed by atoms with E-state index in [1.165, 1.54) is 25.1 Å². The highest BCUT2D eigenvalue weighted by molar-refractivity contribution is 5.90. The van der Waals surface area contributed by atoms with Gasteiger partial charge in [-0.25, -0.2) is 35.9 Å². The summed E-state index contributed by atoms with van der Waals surface area (Å²) in [5, 5.41) is 17.4. The first-order valence-electron chi connectivity index (χ1n) is 9.18. The highest BCUT2D eigenvalue weighted by Gasteiger charge is 2.22. The summed E-state index contributed by atoms with van der Waals surface area (Å²) in [4.78, 5) is 21.4. The van der Waals surface area contributed by atoms with E-state index in [9.17, 15) is 35.9 Å². The number of rotatable bonds is 4. The lowest BCUT2D eigenvalue weighted by Crippen LogP contribution is -2.10. The number of carboxylic acids is 2. The minimum atomic E-state index is -1.75. The highest BCUT2D eigenvalue weighted by Crippen LogP contribution is 2.24. The summed E-state index contributed by atoms with van der Waals surface area (Å²) in [6.45, 7) is 2.43. The number of carbonyl (C=O) groups is 2. The minimum absolute atomic E-state index is 0.0998. The van der Waals surface area contributed by atoms with Crippen molar-refractivity contribution in [3.05, 3.63) is 105 Å². The third-order valence-electron chi connectivity index (χ3n) is 4.60. The summed E-state index contributed by atoms with van der Waals surface area (Å²) in [6, 6.07) is 7.38. The van der Waals surface area contributed by atoms with Gasteiger partial charge in [0.15, 0.2) is 29.1 Å². The number of hydrogen-bond donors (Lipinski definition) is 2. The second-order valence-corrected chi connectivity index (χ2v) is 6.91. The van der Waals surface area contributed by atoms with Crippen LogP contribution in [0.25, 0.3) is 0 Å². The van der Waals surface area contributed by atoms with Crippen molar-refractivity contribution in [1.82, 2.24) is 0 Å². The Balaban J connectivity index is 0.000000257. The van der Waals surface area contributed by atoms with E-state index in [4.69, 9.17) is 10.2 Å². The predicted octanol–water partition coefficient (Wildman–Crippen LogP) is 5.81. The molecule has 3 rings (SSSR count). The van der Waals surface area contributed by atoms with Crippen molar-refractivity contribution < 1.29 is 46.1 Å². The lowest BCUT2D eigenvalue weighted by molar-refractivity contribution is 0.0681. The lowest BCUT2D eigenvalue weighted by Gasteiger charge is -2.11. The average Bonchev–Trinajstić information content (AvgIpc) is 2.76. The normalized spacial score (nSPS) is 10.4. The number of aromatic carboxylic acids is 2. The van der Waals surface area contributed by atoms with Crippen LogP contribution in [0.3, 0.4) is 0 Å². The van der Waals surface area contributed by atoms with Crippen LogP contribution in [0.2, 0.25) is 0 Å². The van der Waals surface area contributed by atoms with Gasteiger partial charge in [-0.1, -0.05) is 18.2 Å². The van der Waals surface area contributed by atoms with Crippen molar-refractivity contribution >= 4 is 11.9 Å². The molecule has 0 aromatic heterocycles. The third-order valence-corrected chi connectivity index (χ3v) is 4.60. The molecule has 3 aromatic carbocycles. The van der Waals surface area contributed by atoms with E-state index in [1.807, 2.05) is 0 Å². The molecule has 0 radical (unpaired) electrons. The molecule has 0 saturated carbocycles. The zero-order chi connectivity index (χ0) is 25.0. The summed E-state index contributed by atoms with van der Waals surface area (Å²) < 4.78 is 79.0. The number of carboxylic acid groups (broad SMARTS) is 2. The second-order valence-electron chi connectivity index (χ2n) is 6.91. The van der Waals surface area contributed by atoms with Crippen LogP contribution in [0.5, 0.6) is 0 Å². The van der Waals surface area contributed by atoms with Crippen molar-refractivity contribution in [2.45, 2.75) is 20.3 Å². The Morgan fingerprint density at radius 1 is 0.697 bits per heavy atom. The minimum Gasteiger partial charge on any atom is -0.478 e. The van der Waals surface area contributed by atoms with Crippen LogP contribution < -0.4 is 0 Å². The monoisotopic (exact) mass is 470 g/mol. The fraction of sp³-hybridized carbons (Fsp3) is 0.130.